The number of amides is 2. The average Bonchev–Trinajstić information content (AvgIpc) is 2.52. The van der Waals surface area contributed by atoms with Gasteiger partial charge in [-0.3, -0.25) is 4.98 Å². The van der Waals surface area contributed by atoms with E-state index in [-0.39, 0.29) is 46.5 Å². The van der Waals surface area contributed by atoms with Gasteiger partial charge in [0.05, 0.1) is 11.3 Å². The van der Waals surface area contributed by atoms with Gasteiger partial charge in [0.1, 0.15) is 5.69 Å². The second-order valence-electron chi connectivity index (χ2n) is 4.48. The molecule has 24 heavy (non-hydrogen) atoms. The number of anilines is 1. The number of nitrogens with one attached hydrogen (secondary N) is 2. The molecule has 1 aromatic heterocycles. The van der Waals surface area contributed by atoms with Crippen molar-refractivity contribution in [1.82, 2.24) is 10.4 Å². The van der Waals surface area contributed by atoms with Crippen LogP contribution in [0.2, 0.25) is 5.02 Å². The average molecular weight is 357 g/mol. The Hall–Kier alpha value is -1.93. The molecule has 2 aromatic rings. The Kier molecular flexibility index (Phi) is 7.87. The normalized spacial score (nSPS) is 10.5. The number of urea groups is 1. The van der Waals surface area contributed by atoms with Crippen molar-refractivity contribution < 1.29 is 14.7 Å². The molecule has 0 saturated heterocycles. The molecule has 0 atom stereocenters. The second kappa shape index (κ2) is 9.39. The first-order chi connectivity index (χ1) is 11.0. The van der Waals surface area contributed by atoms with Gasteiger partial charge < -0.3 is 10.4 Å². The molecule has 0 aliphatic carbocycles. The third-order valence-electron chi connectivity index (χ3n) is 2.79. The number of hydrogen-bond acceptors (Lipinski definition) is 4. The summed E-state index contributed by atoms with van der Waals surface area (Å²) in [6.07, 6.45) is 1.45. The van der Waals surface area contributed by atoms with Crippen molar-refractivity contribution in [2.75, 3.05) is 5.32 Å². The van der Waals surface area contributed by atoms with Crippen LogP contribution in [0.4, 0.5) is 10.5 Å². The van der Waals surface area contributed by atoms with Crippen molar-refractivity contribution in [2.45, 2.75) is 6.92 Å². The molecule has 0 bridgehead atoms. The number of nitrogens with zero attached hydrogens (tertiary/aromatic N) is 2. The fourth-order valence-corrected chi connectivity index (χ4v) is 1.97. The zero-order chi connectivity index (χ0) is 16.8. The molecule has 2 amide bonds. The van der Waals surface area contributed by atoms with Gasteiger partial charge >= 0.3 is 41.6 Å². The van der Waals surface area contributed by atoms with Crippen LogP contribution in [0.15, 0.2) is 47.7 Å². The summed E-state index contributed by atoms with van der Waals surface area (Å²) < 4.78 is 0. The number of hydrogen-bond donors (Lipinski definition) is 3. The molecule has 0 saturated carbocycles. The Labute approximate surface area is 165 Å². The molecule has 0 unspecified atom stereocenters. The van der Waals surface area contributed by atoms with Crippen molar-refractivity contribution in [2.24, 2.45) is 5.10 Å². The number of pyridine rings is 1. The van der Waals surface area contributed by atoms with E-state index < -0.39 is 12.0 Å². The fourth-order valence-electron chi connectivity index (χ4n) is 1.78. The maximum atomic E-state index is 11.8. The third-order valence-corrected chi connectivity index (χ3v) is 3.02. The zero-order valence-electron chi connectivity index (χ0n) is 12.1. The Balaban J connectivity index is 0.00000288. The van der Waals surface area contributed by atoms with Gasteiger partial charge in [-0.2, -0.15) is 5.10 Å². The quantitative estimate of drug-likeness (QED) is 0.444. The summed E-state index contributed by atoms with van der Waals surface area (Å²) in [5, 5.41) is 16.0. The first kappa shape index (κ1) is 20.1. The number of carboxylic acids is 1. The van der Waals surface area contributed by atoms with Crippen LogP contribution in [0.3, 0.4) is 0 Å². The molecule has 0 spiro atoms. The molecule has 0 aliphatic rings. The van der Waals surface area contributed by atoms with Gasteiger partial charge in [0.15, 0.2) is 0 Å². The second-order valence-corrected chi connectivity index (χ2v) is 4.91. The number of carbonyl (C=O) groups excluding carboxylic acids is 1. The number of aromatic carboxylic acids is 1. The van der Waals surface area contributed by atoms with Crippen LogP contribution < -0.4 is 10.7 Å². The molecular weight excluding hydrogens is 343 g/mol. The van der Waals surface area contributed by atoms with Gasteiger partial charge in [0.2, 0.25) is 0 Å². The summed E-state index contributed by atoms with van der Waals surface area (Å²) in [6.45, 7) is 1.55. The van der Waals surface area contributed by atoms with Gasteiger partial charge in [-0.25, -0.2) is 15.0 Å². The van der Waals surface area contributed by atoms with Gasteiger partial charge in [-0.15, -0.1) is 0 Å². The van der Waals surface area contributed by atoms with Crippen LogP contribution >= 0.6 is 11.6 Å². The predicted molar refractivity (Wildman–Crippen MR) is 94.2 cm³/mol. The molecule has 0 fully saturated rings. The summed E-state index contributed by atoms with van der Waals surface area (Å²) in [7, 11) is 0. The monoisotopic (exact) mass is 356 g/mol. The van der Waals surface area contributed by atoms with Crippen LogP contribution in [0.5, 0.6) is 0 Å². The Bertz CT molecular complexity index is 783. The van der Waals surface area contributed by atoms with E-state index in [4.69, 9.17) is 16.7 Å². The van der Waals surface area contributed by atoms with Crippen molar-refractivity contribution in [3.05, 3.63) is 58.9 Å². The van der Waals surface area contributed by atoms with Crippen LogP contribution in [0, 0.1) is 0 Å². The van der Waals surface area contributed by atoms with Gasteiger partial charge in [0, 0.05) is 16.9 Å². The van der Waals surface area contributed by atoms with E-state index in [1.807, 2.05) is 0 Å². The Morgan fingerprint density at radius 3 is 2.67 bits per heavy atom. The first-order valence-electron chi connectivity index (χ1n) is 6.53. The summed E-state index contributed by atoms with van der Waals surface area (Å²) in [4.78, 5) is 26.9. The standard InChI is InChI=1S/C15H13ClN4O3.Na.H/c1-9(13-12(14(21)22)6-3-7-17-13)19-20-15(23)18-11-5-2-4-10(16)8-11;;/h2-8H,1H3,(H,21,22)(H2,18,20,23);;. The number of carboxylic acid groups (broad SMARTS) is 1. The number of rotatable bonds is 4. The van der Waals surface area contributed by atoms with Crippen LogP contribution in [0.25, 0.3) is 0 Å². The zero-order valence-corrected chi connectivity index (χ0v) is 12.8. The van der Waals surface area contributed by atoms with E-state index in [1.165, 1.54) is 18.3 Å². The van der Waals surface area contributed by atoms with E-state index in [1.54, 1.807) is 31.2 Å². The Morgan fingerprint density at radius 1 is 1.25 bits per heavy atom. The summed E-state index contributed by atoms with van der Waals surface area (Å²) >= 11 is 5.82. The summed E-state index contributed by atoms with van der Waals surface area (Å²) in [5.41, 5.74) is 3.24. The Morgan fingerprint density at radius 2 is 2.00 bits per heavy atom. The van der Waals surface area contributed by atoms with Gasteiger partial charge in [-0.05, 0) is 37.3 Å². The number of aromatic nitrogens is 1. The molecule has 120 valence electrons. The van der Waals surface area contributed by atoms with E-state index >= 15 is 0 Å². The summed E-state index contributed by atoms with van der Waals surface area (Å²) in [5.74, 6) is -1.12. The van der Waals surface area contributed by atoms with Crippen molar-refractivity contribution in [3.63, 3.8) is 0 Å². The van der Waals surface area contributed by atoms with Gasteiger partial charge in [0.25, 0.3) is 0 Å². The van der Waals surface area contributed by atoms with E-state index in [0.717, 1.165) is 0 Å². The summed E-state index contributed by atoms with van der Waals surface area (Å²) in [6, 6.07) is 8.97. The molecule has 1 heterocycles. The van der Waals surface area contributed by atoms with Gasteiger partial charge in [-0.1, -0.05) is 17.7 Å². The minimum atomic E-state index is -1.12. The minimum absolute atomic E-state index is 0. The van der Waals surface area contributed by atoms with E-state index in [0.29, 0.717) is 10.7 Å². The third kappa shape index (κ3) is 5.61. The van der Waals surface area contributed by atoms with Crippen molar-refractivity contribution >= 4 is 64.6 Å². The van der Waals surface area contributed by atoms with Crippen LogP contribution in [0.1, 0.15) is 23.0 Å². The maximum absolute atomic E-state index is 11.8. The molecule has 0 radical (unpaired) electrons. The van der Waals surface area contributed by atoms with Crippen LogP contribution in [-0.2, 0) is 0 Å². The van der Waals surface area contributed by atoms with E-state index in [9.17, 15) is 9.59 Å². The number of carbonyl (C=O) groups is 2. The number of benzene rings is 1. The fraction of sp³-hybridized carbons (Fsp3) is 0.0667. The molecule has 0 aliphatic heterocycles. The van der Waals surface area contributed by atoms with E-state index in [2.05, 4.69) is 20.8 Å². The molecule has 9 heteroatoms. The number of hydrazone groups is 1. The molecule has 2 rings (SSSR count). The SMILES string of the molecule is CC(=NNC(=O)Nc1cccc(Cl)c1)c1ncccc1C(=O)O.[NaH]. The predicted octanol–water partition coefficient (Wildman–Crippen LogP) is 2.33. The first-order valence-corrected chi connectivity index (χ1v) is 6.90. The molecule has 3 N–H and O–H groups in total. The van der Waals surface area contributed by atoms with Crippen LogP contribution in [-0.4, -0.2) is 57.4 Å². The topological polar surface area (TPSA) is 104 Å². The molecule has 1 aromatic carbocycles. The molecular formula is C15H14ClN4NaO3. The van der Waals surface area contributed by atoms with Crippen molar-refractivity contribution in [1.29, 1.82) is 0 Å². The number of halogens is 1. The molecule has 7 nitrogen and oxygen atoms in total. The van der Waals surface area contributed by atoms with Crippen molar-refractivity contribution in [3.8, 4) is 0 Å².